The maximum absolute atomic E-state index is 13.2. The van der Waals surface area contributed by atoms with Gasteiger partial charge >= 0.3 is 0 Å². The van der Waals surface area contributed by atoms with E-state index in [1.807, 2.05) is 42.6 Å². The van der Waals surface area contributed by atoms with E-state index in [1.165, 1.54) is 11.1 Å². The van der Waals surface area contributed by atoms with Crippen LogP contribution in [0.15, 0.2) is 97.2 Å². The molecule has 1 aromatic heterocycles. The highest BCUT2D eigenvalue weighted by atomic mass is 16.2. The standard InChI is InChI=1S/C28H27N3O/c32-28(30-25(23-14-8-3-9-15-23)18-21-10-4-1-5-11-21)26-20-31-19-24(16-17-27(31)29-26)22-12-6-2-7-13-22/h1-15,20,24-25H,16-19H2,(H,30,32)/t24-,25+/m1/s1. The van der Waals surface area contributed by atoms with E-state index < -0.39 is 0 Å². The summed E-state index contributed by atoms with van der Waals surface area (Å²) in [5.41, 5.74) is 4.14. The summed E-state index contributed by atoms with van der Waals surface area (Å²) in [6, 6.07) is 30.9. The minimum Gasteiger partial charge on any atom is -0.344 e. The molecule has 0 spiro atoms. The van der Waals surface area contributed by atoms with Crippen LogP contribution in [0.25, 0.3) is 0 Å². The molecule has 2 heterocycles. The Hall–Kier alpha value is -3.66. The van der Waals surface area contributed by atoms with Crippen LogP contribution in [-0.2, 0) is 19.4 Å². The second-order valence-corrected chi connectivity index (χ2v) is 8.47. The molecule has 4 heteroatoms. The van der Waals surface area contributed by atoms with Gasteiger partial charge in [0.2, 0.25) is 0 Å². The number of hydrogen-bond donors (Lipinski definition) is 1. The Labute approximate surface area is 189 Å². The number of nitrogens with zero attached hydrogens (tertiary/aromatic N) is 2. The van der Waals surface area contributed by atoms with Crippen molar-refractivity contribution in [3.05, 3.63) is 125 Å². The van der Waals surface area contributed by atoms with Crippen molar-refractivity contribution in [2.75, 3.05) is 0 Å². The highest BCUT2D eigenvalue weighted by molar-refractivity contribution is 5.92. The van der Waals surface area contributed by atoms with E-state index in [2.05, 4.69) is 69.5 Å². The molecule has 1 aliphatic rings. The number of carbonyl (C=O) groups excluding carboxylic acids is 1. The molecule has 1 amide bonds. The lowest BCUT2D eigenvalue weighted by atomic mass is 9.92. The number of aromatic nitrogens is 2. The van der Waals surface area contributed by atoms with Crippen LogP contribution in [0.3, 0.4) is 0 Å². The van der Waals surface area contributed by atoms with Gasteiger partial charge in [0.05, 0.1) is 6.04 Å². The smallest absolute Gasteiger partial charge is 0.271 e. The molecule has 32 heavy (non-hydrogen) atoms. The van der Waals surface area contributed by atoms with Gasteiger partial charge in [0, 0.05) is 25.1 Å². The fourth-order valence-electron chi connectivity index (χ4n) is 4.57. The lowest BCUT2D eigenvalue weighted by Crippen LogP contribution is -2.30. The molecule has 0 saturated heterocycles. The summed E-state index contributed by atoms with van der Waals surface area (Å²) in [5.74, 6) is 1.35. The molecule has 160 valence electrons. The Bertz CT molecular complexity index is 1170. The van der Waals surface area contributed by atoms with Crippen molar-refractivity contribution in [1.82, 2.24) is 14.9 Å². The largest absolute Gasteiger partial charge is 0.344 e. The van der Waals surface area contributed by atoms with Crippen LogP contribution in [-0.4, -0.2) is 15.5 Å². The van der Waals surface area contributed by atoms with Gasteiger partial charge in [-0.1, -0.05) is 91.0 Å². The predicted molar refractivity (Wildman–Crippen MR) is 127 cm³/mol. The van der Waals surface area contributed by atoms with E-state index in [-0.39, 0.29) is 11.9 Å². The van der Waals surface area contributed by atoms with Crippen molar-refractivity contribution in [2.24, 2.45) is 0 Å². The van der Waals surface area contributed by atoms with Gasteiger partial charge in [-0.3, -0.25) is 4.79 Å². The molecule has 0 saturated carbocycles. The zero-order chi connectivity index (χ0) is 21.8. The van der Waals surface area contributed by atoms with Crippen molar-refractivity contribution in [3.63, 3.8) is 0 Å². The van der Waals surface area contributed by atoms with Crippen LogP contribution in [0.4, 0.5) is 0 Å². The maximum atomic E-state index is 13.2. The Morgan fingerprint density at radius 1 is 0.938 bits per heavy atom. The molecule has 2 atom stereocenters. The Kier molecular flexibility index (Phi) is 5.84. The molecule has 1 N–H and O–H groups in total. The van der Waals surface area contributed by atoms with Crippen LogP contribution >= 0.6 is 0 Å². The number of imidazole rings is 1. The van der Waals surface area contributed by atoms with Crippen LogP contribution < -0.4 is 5.32 Å². The molecule has 3 aromatic carbocycles. The van der Waals surface area contributed by atoms with Crippen LogP contribution in [0, 0.1) is 0 Å². The minimum atomic E-state index is -0.118. The Balaban J connectivity index is 1.34. The second-order valence-electron chi connectivity index (χ2n) is 8.47. The average molecular weight is 422 g/mol. The number of aryl methyl sites for hydroxylation is 1. The van der Waals surface area contributed by atoms with Crippen LogP contribution in [0.2, 0.25) is 0 Å². The molecule has 5 rings (SSSR count). The molecule has 0 aliphatic carbocycles. The Morgan fingerprint density at radius 3 is 2.31 bits per heavy atom. The number of benzene rings is 3. The highest BCUT2D eigenvalue weighted by Crippen LogP contribution is 2.29. The quantitative estimate of drug-likeness (QED) is 0.458. The van der Waals surface area contributed by atoms with E-state index >= 15 is 0 Å². The van der Waals surface area contributed by atoms with Crippen LogP contribution in [0.5, 0.6) is 0 Å². The third kappa shape index (κ3) is 4.50. The Morgan fingerprint density at radius 2 is 1.59 bits per heavy atom. The zero-order valence-electron chi connectivity index (χ0n) is 18.0. The normalized spacial score (nSPS) is 16.2. The molecular weight excluding hydrogens is 394 g/mol. The minimum absolute atomic E-state index is 0.109. The van der Waals surface area contributed by atoms with Crippen molar-refractivity contribution in [3.8, 4) is 0 Å². The summed E-state index contributed by atoms with van der Waals surface area (Å²) in [6.45, 7) is 0.867. The van der Waals surface area contributed by atoms with Crippen molar-refractivity contribution >= 4 is 5.91 Å². The number of nitrogens with one attached hydrogen (secondary N) is 1. The number of rotatable bonds is 6. The van der Waals surface area contributed by atoms with E-state index in [4.69, 9.17) is 0 Å². The topological polar surface area (TPSA) is 46.9 Å². The number of carbonyl (C=O) groups is 1. The van der Waals surface area contributed by atoms with Gasteiger partial charge in [-0.05, 0) is 29.5 Å². The summed E-state index contributed by atoms with van der Waals surface area (Å²) in [4.78, 5) is 17.9. The average Bonchev–Trinajstić information content (AvgIpc) is 3.29. The molecule has 4 nitrogen and oxygen atoms in total. The van der Waals surface area contributed by atoms with E-state index in [0.717, 1.165) is 37.2 Å². The van der Waals surface area contributed by atoms with Gasteiger partial charge < -0.3 is 9.88 Å². The van der Waals surface area contributed by atoms with Gasteiger partial charge in [-0.15, -0.1) is 0 Å². The lowest BCUT2D eigenvalue weighted by Gasteiger charge is -2.23. The molecule has 0 radical (unpaired) electrons. The summed E-state index contributed by atoms with van der Waals surface area (Å²) in [7, 11) is 0. The van der Waals surface area contributed by atoms with Crippen molar-refractivity contribution < 1.29 is 4.79 Å². The zero-order valence-corrected chi connectivity index (χ0v) is 18.0. The summed E-state index contributed by atoms with van der Waals surface area (Å²) in [6.07, 6.45) is 4.60. The van der Waals surface area contributed by atoms with Gasteiger partial charge in [-0.2, -0.15) is 0 Å². The van der Waals surface area contributed by atoms with Crippen molar-refractivity contribution in [2.45, 2.75) is 37.8 Å². The third-order valence-electron chi connectivity index (χ3n) is 6.29. The van der Waals surface area contributed by atoms with Gasteiger partial charge in [-0.25, -0.2) is 4.98 Å². The van der Waals surface area contributed by atoms with Gasteiger partial charge in [0.15, 0.2) is 0 Å². The SMILES string of the molecule is O=C(N[C@@H](Cc1ccccc1)c1ccccc1)c1cn2c(n1)CC[C@@H](c1ccccc1)C2. The first-order chi connectivity index (χ1) is 15.8. The number of amides is 1. The van der Waals surface area contributed by atoms with E-state index in [0.29, 0.717) is 11.6 Å². The number of hydrogen-bond acceptors (Lipinski definition) is 2. The molecule has 4 aromatic rings. The summed E-state index contributed by atoms with van der Waals surface area (Å²) >= 11 is 0. The van der Waals surface area contributed by atoms with Crippen LogP contribution in [0.1, 0.15) is 51.4 Å². The van der Waals surface area contributed by atoms with Gasteiger partial charge in [0.1, 0.15) is 11.5 Å². The number of fused-ring (bicyclic) bond motifs is 1. The maximum Gasteiger partial charge on any atom is 0.271 e. The molecule has 1 aliphatic heterocycles. The second kappa shape index (κ2) is 9.23. The first kappa shape index (κ1) is 20.3. The first-order valence-corrected chi connectivity index (χ1v) is 11.3. The van der Waals surface area contributed by atoms with E-state index in [9.17, 15) is 4.79 Å². The fraction of sp³-hybridized carbons (Fsp3) is 0.214. The summed E-state index contributed by atoms with van der Waals surface area (Å²) < 4.78 is 2.16. The fourth-order valence-corrected chi connectivity index (χ4v) is 4.57. The third-order valence-corrected chi connectivity index (χ3v) is 6.29. The predicted octanol–water partition coefficient (Wildman–Crippen LogP) is 5.33. The van der Waals surface area contributed by atoms with Crippen molar-refractivity contribution in [1.29, 1.82) is 0 Å². The first-order valence-electron chi connectivity index (χ1n) is 11.3. The molecular formula is C28H27N3O. The molecule has 0 unspecified atom stereocenters. The van der Waals surface area contributed by atoms with E-state index in [1.54, 1.807) is 0 Å². The van der Waals surface area contributed by atoms with Gasteiger partial charge in [0.25, 0.3) is 5.91 Å². The molecule has 0 fully saturated rings. The summed E-state index contributed by atoms with van der Waals surface area (Å²) in [5, 5.41) is 3.24. The molecule has 0 bridgehead atoms. The lowest BCUT2D eigenvalue weighted by molar-refractivity contribution is 0.0931. The monoisotopic (exact) mass is 421 g/mol. The highest BCUT2D eigenvalue weighted by Gasteiger charge is 2.24.